The molecule has 0 radical (unpaired) electrons. The molecule has 1 aromatic heterocycles. The van der Waals surface area contributed by atoms with E-state index in [2.05, 4.69) is 15.0 Å². The summed E-state index contributed by atoms with van der Waals surface area (Å²) in [6, 6.07) is 3.23. The van der Waals surface area contributed by atoms with Crippen LogP contribution in [0, 0.1) is 5.92 Å². The summed E-state index contributed by atoms with van der Waals surface area (Å²) in [5.41, 5.74) is 0. The molecule has 1 saturated carbocycles. The van der Waals surface area contributed by atoms with Crippen LogP contribution >= 0.6 is 0 Å². The van der Waals surface area contributed by atoms with Crippen LogP contribution in [0.25, 0.3) is 0 Å². The van der Waals surface area contributed by atoms with Gasteiger partial charge in [-0.25, -0.2) is 18.1 Å². The molecular formula is C14H23N3O2S. The van der Waals surface area contributed by atoms with Crippen molar-refractivity contribution in [2.75, 3.05) is 18.9 Å². The summed E-state index contributed by atoms with van der Waals surface area (Å²) in [4.78, 5) is 4.25. The highest BCUT2D eigenvalue weighted by Gasteiger charge is 2.17. The monoisotopic (exact) mass is 297 g/mol. The average molecular weight is 297 g/mol. The summed E-state index contributed by atoms with van der Waals surface area (Å²) in [6.07, 6.45) is 8.68. The number of nitrogens with zero attached hydrogens (tertiary/aromatic N) is 1. The third kappa shape index (κ3) is 4.18. The second-order valence-corrected chi connectivity index (χ2v) is 7.09. The molecule has 5 nitrogen and oxygen atoms in total. The lowest BCUT2D eigenvalue weighted by Crippen LogP contribution is -2.26. The topological polar surface area (TPSA) is 71.1 Å². The van der Waals surface area contributed by atoms with Gasteiger partial charge < -0.3 is 5.32 Å². The van der Waals surface area contributed by atoms with E-state index in [1.54, 1.807) is 19.2 Å². The highest BCUT2D eigenvalue weighted by atomic mass is 32.2. The molecule has 0 aliphatic heterocycles. The Morgan fingerprint density at radius 1 is 1.25 bits per heavy atom. The van der Waals surface area contributed by atoms with Gasteiger partial charge in [-0.05, 0) is 24.5 Å². The van der Waals surface area contributed by atoms with Crippen LogP contribution in [0.4, 0.5) is 5.82 Å². The maximum Gasteiger partial charge on any atom is 0.242 e. The Labute approximate surface area is 121 Å². The molecule has 1 aliphatic rings. The van der Waals surface area contributed by atoms with Gasteiger partial charge in [-0.2, -0.15) is 0 Å². The van der Waals surface area contributed by atoms with Gasteiger partial charge in [-0.1, -0.05) is 32.1 Å². The molecule has 0 bridgehead atoms. The zero-order valence-corrected chi connectivity index (χ0v) is 12.7. The predicted molar refractivity (Wildman–Crippen MR) is 80.2 cm³/mol. The molecule has 2 rings (SSSR count). The van der Waals surface area contributed by atoms with Gasteiger partial charge >= 0.3 is 0 Å². The number of hydrogen-bond acceptors (Lipinski definition) is 4. The Morgan fingerprint density at radius 3 is 2.60 bits per heavy atom. The van der Waals surface area contributed by atoms with Crippen molar-refractivity contribution in [2.24, 2.45) is 5.92 Å². The fourth-order valence-corrected chi connectivity index (χ4v) is 3.64. The molecule has 0 aromatic carbocycles. The second kappa shape index (κ2) is 7.04. The lowest BCUT2D eigenvalue weighted by Gasteiger charge is -2.21. The van der Waals surface area contributed by atoms with Gasteiger partial charge in [0, 0.05) is 19.8 Å². The molecular weight excluding hydrogens is 274 g/mol. The molecule has 1 fully saturated rings. The Kier molecular flexibility index (Phi) is 5.37. The van der Waals surface area contributed by atoms with E-state index in [4.69, 9.17) is 0 Å². The lowest BCUT2D eigenvalue weighted by atomic mass is 9.87. The van der Waals surface area contributed by atoms with Crippen LogP contribution in [-0.4, -0.2) is 27.0 Å². The Balaban J connectivity index is 1.86. The normalized spacial score (nSPS) is 17.1. The van der Waals surface area contributed by atoms with Gasteiger partial charge in [0.15, 0.2) is 0 Å². The van der Waals surface area contributed by atoms with Crippen LogP contribution in [0.3, 0.4) is 0 Å². The van der Waals surface area contributed by atoms with E-state index in [9.17, 15) is 8.42 Å². The average Bonchev–Trinajstić information content (AvgIpc) is 2.48. The van der Waals surface area contributed by atoms with Gasteiger partial charge in [-0.15, -0.1) is 0 Å². The largest absolute Gasteiger partial charge is 0.373 e. The first-order valence-electron chi connectivity index (χ1n) is 7.25. The van der Waals surface area contributed by atoms with Gasteiger partial charge in [-0.3, -0.25) is 0 Å². The Morgan fingerprint density at radius 2 is 2.00 bits per heavy atom. The molecule has 112 valence electrons. The summed E-state index contributed by atoms with van der Waals surface area (Å²) >= 11 is 0. The van der Waals surface area contributed by atoms with E-state index < -0.39 is 10.0 Å². The predicted octanol–water partition coefficient (Wildman–Crippen LogP) is 2.37. The first kappa shape index (κ1) is 15.3. The minimum absolute atomic E-state index is 0.222. The number of hydrogen-bond donors (Lipinski definition) is 2. The van der Waals surface area contributed by atoms with Crippen molar-refractivity contribution >= 4 is 15.8 Å². The second-order valence-electron chi connectivity index (χ2n) is 5.32. The molecule has 0 saturated heterocycles. The first-order chi connectivity index (χ1) is 9.62. The Bertz CT molecular complexity index is 508. The maximum atomic E-state index is 12.1. The number of pyridine rings is 1. The minimum Gasteiger partial charge on any atom is -0.373 e. The molecule has 0 amide bonds. The van der Waals surface area contributed by atoms with Crippen molar-refractivity contribution in [1.29, 1.82) is 0 Å². The van der Waals surface area contributed by atoms with Gasteiger partial charge in [0.05, 0.1) is 0 Å². The number of sulfonamides is 1. The van der Waals surface area contributed by atoms with Gasteiger partial charge in [0.2, 0.25) is 10.0 Å². The molecule has 20 heavy (non-hydrogen) atoms. The highest BCUT2D eigenvalue weighted by Crippen LogP contribution is 2.25. The summed E-state index contributed by atoms with van der Waals surface area (Å²) in [5, 5.41) is 2.87. The van der Waals surface area contributed by atoms with Gasteiger partial charge in [0.25, 0.3) is 0 Å². The zero-order valence-electron chi connectivity index (χ0n) is 11.9. The summed E-state index contributed by atoms with van der Waals surface area (Å²) in [5.74, 6) is 1.34. The summed E-state index contributed by atoms with van der Waals surface area (Å²) in [7, 11) is -1.68. The van der Waals surface area contributed by atoms with E-state index in [1.807, 2.05) is 0 Å². The maximum absolute atomic E-state index is 12.1. The molecule has 1 heterocycles. The molecule has 1 aromatic rings. The zero-order chi connectivity index (χ0) is 14.4. The number of rotatable bonds is 6. The SMILES string of the molecule is CNc1ccc(S(=O)(=O)NCCC2CCCCC2)cn1. The summed E-state index contributed by atoms with van der Waals surface area (Å²) in [6.45, 7) is 0.515. The highest BCUT2D eigenvalue weighted by molar-refractivity contribution is 7.89. The van der Waals surface area contributed by atoms with Crippen LogP contribution in [-0.2, 0) is 10.0 Å². The van der Waals surface area contributed by atoms with Crippen LogP contribution in [0.5, 0.6) is 0 Å². The molecule has 2 N–H and O–H groups in total. The van der Waals surface area contributed by atoms with E-state index in [0.29, 0.717) is 18.3 Å². The molecule has 0 spiro atoms. The number of anilines is 1. The van der Waals surface area contributed by atoms with E-state index in [-0.39, 0.29) is 4.90 Å². The fraction of sp³-hybridized carbons (Fsp3) is 0.643. The Hall–Kier alpha value is -1.14. The smallest absolute Gasteiger partial charge is 0.242 e. The van der Waals surface area contributed by atoms with Crippen LogP contribution in [0.2, 0.25) is 0 Å². The molecule has 0 unspecified atom stereocenters. The van der Waals surface area contributed by atoms with Crippen LogP contribution in [0.1, 0.15) is 38.5 Å². The third-order valence-corrected chi connectivity index (χ3v) is 5.32. The quantitative estimate of drug-likeness (QED) is 0.845. The lowest BCUT2D eigenvalue weighted by molar-refractivity contribution is 0.339. The fourth-order valence-electron chi connectivity index (χ4n) is 2.64. The number of aromatic nitrogens is 1. The van der Waals surface area contributed by atoms with Gasteiger partial charge in [0.1, 0.15) is 10.7 Å². The molecule has 6 heteroatoms. The van der Waals surface area contributed by atoms with E-state index in [1.165, 1.54) is 38.3 Å². The minimum atomic E-state index is -3.43. The van der Waals surface area contributed by atoms with Crippen LogP contribution < -0.4 is 10.0 Å². The van der Waals surface area contributed by atoms with Crippen LogP contribution in [0.15, 0.2) is 23.2 Å². The molecule has 1 aliphatic carbocycles. The third-order valence-electron chi connectivity index (χ3n) is 3.87. The standard InChI is InChI=1S/C14H23N3O2S/c1-15-14-8-7-13(11-16-14)20(18,19)17-10-9-12-5-3-2-4-6-12/h7-8,11-12,17H,2-6,9-10H2,1H3,(H,15,16). The van der Waals surface area contributed by atoms with Crippen molar-refractivity contribution < 1.29 is 8.42 Å². The van der Waals surface area contributed by atoms with Crippen molar-refractivity contribution in [3.63, 3.8) is 0 Å². The number of nitrogens with one attached hydrogen (secondary N) is 2. The van der Waals surface area contributed by atoms with E-state index in [0.717, 1.165) is 6.42 Å². The van der Waals surface area contributed by atoms with Crippen molar-refractivity contribution in [3.8, 4) is 0 Å². The van der Waals surface area contributed by atoms with Crippen molar-refractivity contribution in [2.45, 2.75) is 43.4 Å². The van der Waals surface area contributed by atoms with Crippen molar-refractivity contribution in [3.05, 3.63) is 18.3 Å². The first-order valence-corrected chi connectivity index (χ1v) is 8.73. The summed E-state index contributed by atoms with van der Waals surface area (Å²) < 4.78 is 26.9. The molecule has 0 atom stereocenters. The van der Waals surface area contributed by atoms with Crippen molar-refractivity contribution in [1.82, 2.24) is 9.71 Å². The van der Waals surface area contributed by atoms with E-state index >= 15 is 0 Å².